The van der Waals surface area contributed by atoms with E-state index < -0.39 is 12.6 Å². The Morgan fingerprint density at radius 3 is 2.72 bits per heavy atom. The number of benzene rings is 1. The molecule has 2 rings (SSSR count). The predicted molar refractivity (Wildman–Crippen MR) is 65.9 cm³/mol. The van der Waals surface area contributed by atoms with Gasteiger partial charge in [-0.25, -0.2) is 4.79 Å². The maximum atomic E-state index is 11.5. The molecule has 1 amide bonds. The molecule has 96 valence electrons. The maximum absolute atomic E-state index is 11.5. The Balaban J connectivity index is 1.99. The third-order valence-electron chi connectivity index (χ3n) is 2.50. The molecule has 1 aliphatic rings. The summed E-state index contributed by atoms with van der Waals surface area (Å²) in [6, 6.07) is 4.70. The van der Waals surface area contributed by atoms with Crippen LogP contribution in [0.4, 0.5) is 5.69 Å². The van der Waals surface area contributed by atoms with E-state index in [-0.39, 0.29) is 22.6 Å². The van der Waals surface area contributed by atoms with Crippen molar-refractivity contribution in [3.63, 3.8) is 0 Å². The number of aliphatic carboxylic acids is 1. The molecule has 6 heteroatoms. The quantitative estimate of drug-likeness (QED) is 0.859. The van der Waals surface area contributed by atoms with Gasteiger partial charge in [-0.1, -0.05) is 11.6 Å². The first-order valence-electron chi connectivity index (χ1n) is 5.51. The van der Waals surface area contributed by atoms with E-state index in [9.17, 15) is 9.59 Å². The van der Waals surface area contributed by atoms with E-state index in [0.717, 1.165) is 12.8 Å². The molecule has 0 atom stereocenters. The maximum Gasteiger partial charge on any atom is 0.341 e. The van der Waals surface area contributed by atoms with Gasteiger partial charge in [0.1, 0.15) is 5.75 Å². The molecule has 1 aromatic rings. The molecule has 0 radical (unpaired) electrons. The second-order valence-electron chi connectivity index (χ2n) is 4.09. The third kappa shape index (κ3) is 3.37. The van der Waals surface area contributed by atoms with Crippen LogP contribution >= 0.6 is 11.6 Å². The minimum atomic E-state index is -1.07. The Labute approximate surface area is 109 Å². The van der Waals surface area contributed by atoms with Crippen LogP contribution in [0.1, 0.15) is 12.8 Å². The van der Waals surface area contributed by atoms with Crippen molar-refractivity contribution in [1.82, 2.24) is 0 Å². The van der Waals surface area contributed by atoms with E-state index in [1.807, 2.05) is 0 Å². The van der Waals surface area contributed by atoms with Crippen LogP contribution < -0.4 is 10.1 Å². The summed E-state index contributed by atoms with van der Waals surface area (Å²) in [5.74, 6) is -0.683. The highest BCUT2D eigenvalue weighted by molar-refractivity contribution is 6.32. The zero-order valence-corrected chi connectivity index (χ0v) is 10.2. The lowest BCUT2D eigenvalue weighted by Crippen LogP contribution is -2.13. The summed E-state index contributed by atoms with van der Waals surface area (Å²) in [7, 11) is 0. The van der Waals surface area contributed by atoms with Gasteiger partial charge in [-0.3, -0.25) is 4.79 Å². The number of nitrogens with one attached hydrogen (secondary N) is 1. The number of carboxylic acids is 1. The molecule has 0 spiro atoms. The van der Waals surface area contributed by atoms with E-state index in [4.69, 9.17) is 21.4 Å². The minimum Gasteiger partial charge on any atom is -0.480 e. The molecule has 2 N–H and O–H groups in total. The van der Waals surface area contributed by atoms with Crippen LogP contribution in [0.5, 0.6) is 5.75 Å². The average Bonchev–Trinajstić information content (AvgIpc) is 3.11. The Kier molecular flexibility index (Phi) is 3.72. The van der Waals surface area contributed by atoms with Crippen LogP contribution in [0.2, 0.25) is 5.02 Å². The molecule has 0 unspecified atom stereocenters. The average molecular weight is 270 g/mol. The molecular weight excluding hydrogens is 258 g/mol. The van der Waals surface area contributed by atoms with Gasteiger partial charge >= 0.3 is 5.97 Å². The van der Waals surface area contributed by atoms with E-state index in [0.29, 0.717) is 5.69 Å². The SMILES string of the molecule is O=C(O)COc1ccc(NC(=O)C2CC2)cc1Cl. The van der Waals surface area contributed by atoms with Crippen molar-refractivity contribution in [1.29, 1.82) is 0 Å². The van der Waals surface area contributed by atoms with E-state index in [1.54, 1.807) is 12.1 Å². The van der Waals surface area contributed by atoms with E-state index >= 15 is 0 Å². The first kappa shape index (κ1) is 12.7. The van der Waals surface area contributed by atoms with Crippen molar-refractivity contribution in [2.24, 2.45) is 5.92 Å². The van der Waals surface area contributed by atoms with Crippen molar-refractivity contribution in [3.8, 4) is 5.75 Å². The fourth-order valence-corrected chi connectivity index (χ4v) is 1.66. The first-order valence-corrected chi connectivity index (χ1v) is 5.89. The molecule has 0 aromatic heterocycles. The number of hydrogen-bond donors (Lipinski definition) is 2. The molecule has 5 nitrogen and oxygen atoms in total. The Morgan fingerprint density at radius 1 is 1.44 bits per heavy atom. The summed E-state index contributed by atoms with van der Waals surface area (Å²) >= 11 is 5.92. The molecular formula is C12H12ClNO4. The summed E-state index contributed by atoms with van der Waals surface area (Å²) in [6.45, 7) is -0.451. The lowest BCUT2D eigenvalue weighted by molar-refractivity contribution is -0.139. The number of carboxylic acid groups (broad SMARTS) is 1. The predicted octanol–water partition coefficient (Wildman–Crippen LogP) is 2.15. The molecule has 0 bridgehead atoms. The van der Waals surface area contributed by atoms with Gasteiger partial charge in [0.05, 0.1) is 5.02 Å². The summed E-state index contributed by atoms with van der Waals surface area (Å²) in [4.78, 5) is 21.9. The van der Waals surface area contributed by atoms with Crippen molar-refractivity contribution < 1.29 is 19.4 Å². The van der Waals surface area contributed by atoms with Gasteiger partial charge in [-0.2, -0.15) is 0 Å². The molecule has 1 aliphatic carbocycles. The zero-order valence-electron chi connectivity index (χ0n) is 9.48. The van der Waals surface area contributed by atoms with Crippen LogP contribution in [0, 0.1) is 5.92 Å². The van der Waals surface area contributed by atoms with Crippen LogP contribution in [-0.4, -0.2) is 23.6 Å². The van der Waals surface area contributed by atoms with Gasteiger partial charge < -0.3 is 15.2 Å². The topological polar surface area (TPSA) is 75.6 Å². The standard InChI is InChI=1S/C12H12ClNO4/c13-9-5-8(14-12(17)7-1-2-7)3-4-10(9)18-6-11(15)16/h3-5,7H,1-2,6H2,(H,14,17)(H,15,16). The van der Waals surface area contributed by atoms with Gasteiger partial charge in [0.25, 0.3) is 0 Å². The van der Waals surface area contributed by atoms with Gasteiger partial charge in [-0.15, -0.1) is 0 Å². The second-order valence-corrected chi connectivity index (χ2v) is 4.50. The highest BCUT2D eigenvalue weighted by Crippen LogP contribution is 2.32. The number of rotatable bonds is 5. The number of anilines is 1. The van der Waals surface area contributed by atoms with E-state index in [1.165, 1.54) is 6.07 Å². The summed E-state index contributed by atoms with van der Waals surface area (Å²) in [6.07, 6.45) is 1.86. The normalized spacial score (nSPS) is 14.1. The van der Waals surface area contributed by atoms with Crippen molar-refractivity contribution >= 4 is 29.2 Å². The number of halogens is 1. The number of hydrogen-bond acceptors (Lipinski definition) is 3. The molecule has 1 fully saturated rings. The highest BCUT2D eigenvalue weighted by atomic mass is 35.5. The molecule has 0 aliphatic heterocycles. The molecule has 0 heterocycles. The van der Waals surface area contributed by atoms with Gasteiger partial charge in [0, 0.05) is 11.6 Å². The van der Waals surface area contributed by atoms with E-state index in [2.05, 4.69) is 5.32 Å². The second kappa shape index (κ2) is 5.27. The van der Waals surface area contributed by atoms with Crippen molar-refractivity contribution in [3.05, 3.63) is 23.2 Å². The zero-order chi connectivity index (χ0) is 13.1. The number of ether oxygens (including phenoxy) is 1. The van der Waals surface area contributed by atoms with Gasteiger partial charge in [0.15, 0.2) is 6.61 Å². The number of amides is 1. The lowest BCUT2D eigenvalue weighted by atomic mass is 10.3. The summed E-state index contributed by atoms with van der Waals surface area (Å²) in [5, 5.41) is 11.5. The van der Waals surface area contributed by atoms with Crippen LogP contribution in [-0.2, 0) is 9.59 Å². The minimum absolute atomic E-state index is 0.00901. The van der Waals surface area contributed by atoms with Gasteiger partial charge in [0.2, 0.25) is 5.91 Å². The molecule has 1 aromatic carbocycles. The third-order valence-corrected chi connectivity index (χ3v) is 2.79. The summed E-state index contributed by atoms with van der Waals surface area (Å²) < 4.78 is 4.97. The van der Waals surface area contributed by atoms with Crippen LogP contribution in [0.25, 0.3) is 0 Å². The fraction of sp³-hybridized carbons (Fsp3) is 0.333. The largest absolute Gasteiger partial charge is 0.480 e. The van der Waals surface area contributed by atoms with Crippen LogP contribution in [0.15, 0.2) is 18.2 Å². The number of carbonyl (C=O) groups is 2. The molecule has 18 heavy (non-hydrogen) atoms. The number of carbonyl (C=O) groups excluding carboxylic acids is 1. The lowest BCUT2D eigenvalue weighted by Gasteiger charge is -2.08. The smallest absolute Gasteiger partial charge is 0.341 e. The van der Waals surface area contributed by atoms with Crippen LogP contribution in [0.3, 0.4) is 0 Å². The Hall–Kier alpha value is -1.75. The first-order chi connectivity index (χ1) is 8.56. The van der Waals surface area contributed by atoms with Crippen molar-refractivity contribution in [2.45, 2.75) is 12.8 Å². The fourth-order valence-electron chi connectivity index (χ4n) is 1.42. The van der Waals surface area contributed by atoms with Crippen molar-refractivity contribution in [2.75, 3.05) is 11.9 Å². The monoisotopic (exact) mass is 269 g/mol. The Morgan fingerprint density at radius 2 is 2.17 bits per heavy atom. The summed E-state index contributed by atoms with van der Waals surface area (Å²) in [5.41, 5.74) is 0.583. The Bertz CT molecular complexity index is 485. The highest BCUT2D eigenvalue weighted by Gasteiger charge is 2.29. The van der Waals surface area contributed by atoms with Gasteiger partial charge in [-0.05, 0) is 31.0 Å². The molecule has 1 saturated carbocycles. The molecule has 0 saturated heterocycles.